The van der Waals surface area contributed by atoms with Gasteiger partial charge in [0.1, 0.15) is 0 Å². The molecule has 21 heavy (non-hydrogen) atoms. The summed E-state index contributed by atoms with van der Waals surface area (Å²) in [4.78, 5) is 2.53. The average molecular weight is 345 g/mol. The second kappa shape index (κ2) is 6.30. The first-order valence-corrected chi connectivity index (χ1v) is 8.23. The van der Waals surface area contributed by atoms with Gasteiger partial charge in [-0.1, -0.05) is 64.5 Å². The molecule has 1 atom stereocenters. The maximum atomic E-state index is 3.69. The molecule has 110 valence electrons. The van der Waals surface area contributed by atoms with Gasteiger partial charge in [0.05, 0.1) is 5.54 Å². The molecule has 1 aliphatic rings. The molecule has 0 radical (unpaired) electrons. The zero-order valence-corrected chi connectivity index (χ0v) is 13.9. The predicted molar refractivity (Wildman–Crippen MR) is 91.2 cm³/mol. The third-order valence-electron chi connectivity index (χ3n) is 4.25. The molecule has 1 N–H and O–H groups in total. The molecule has 1 aliphatic heterocycles. The minimum absolute atomic E-state index is 0.0285. The molecule has 0 saturated carbocycles. The molecule has 3 rings (SSSR count). The van der Waals surface area contributed by atoms with E-state index in [4.69, 9.17) is 0 Å². The third kappa shape index (κ3) is 3.37. The highest BCUT2D eigenvalue weighted by Gasteiger charge is 2.32. The number of nitrogens with one attached hydrogen (secondary N) is 1. The quantitative estimate of drug-likeness (QED) is 0.911. The van der Waals surface area contributed by atoms with E-state index in [2.05, 4.69) is 87.7 Å². The van der Waals surface area contributed by atoms with Crippen molar-refractivity contribution in [2.45, 2.75) is 19.0 Å². The van der Waals surface area contributed by atoms with Crippen LogP contribution < -0.4 is 5.32 Å². The zero-order chi connectivity index (χ0) is 14.7. The summed E-state index contributed by atoms with van der Waals surface area (Å²) >= 11 is 3.65. The molecule has 3 heteroatoms. The second-order valence-electron chi connectivity index (χ2n) is 5.93. The van der Waals surface area contributed by atoms with Crippen molar-refractivity contribution in [2.75, 3.05) is 19.6 Å². The molecular weight excluding hydrogens is 324 g/mol. The van der Waals surface area contributed by atoms with E-state index in [1.807, 2.05) is 0 Å². The Morgan fingerprint density at radius 3 is 2.57 bits per heavy atom. The third-order valence-corrected chi connectivity index (χ3v) is 5.02. The van der Waals surface area contributed by atoms with E-state index in [0.717, 1.165) is 26.2 Å². The van der Waals surface area contributed by atoms with E-state index < -0.39 is 0 Å². The van der Waals surface area contributed by atoms with Gasteiger partial charge in [0.25, 0.3) is 0 Å². The first-order valence-electron chi connectivity index (χ1n) is 7.44. The van der Waals surface area contributed by atoms with Gasteiger partial charge >= 0.3 is 0 Å². The van der Waals surface area contributed by atoms with Crippen LogP contribution >= 0.6 is 15.9 Å². The summed E-state index contributed by atoms with van der Waals surface area (Å²) < 4.78 is 1.20. The number of nitrogens with zero attached hydrogens (tertiary/aromatic N) is 1. The molecule has 1 heterocycles. The molecule has 2 nitrogen and oxygen atoms in total. The van der Waals surface area contributed by atoms with Crippen molar-refractivity contribution in [3.05, 3.63) is 70.2 Å². The fraction of sp³-hybridized carbons (Fsp3) is 0.333. The van der Waals surface area contributed by atoms with E-state index in [9.17, 15) is 0 Å². The number of halogens is 1. The first kappa shape index (κ1) is 14.8. The fourth-order valence-corrected chi connectivity index (χ4v) is 3.48. The lowest BCUT2D eigenvalue weighted by Crippen LogP contribution is -2.56. The van der Waals surface area contributed by atoms with Crippen molar-refractivity contribution in [2.24, 2.45) is 0 Å². The number of rotatable bonds is 3. The Bertz CT molecular complexity index is 599. The van der Waals surface area contributed by atoms with Crippen molar-refractivity contribution in [1.29, 1.82) is 0 Å². The van der Waals surface area contributed by atoms with E-state index in [1.54, 1.807) is 0 Å². The van der Waals surface area contributed by atoms with Gasteiger partial charge in [-0.15, -0.1) is 0 Å². The van der Waals surface area contributed by atoms with Crippen LogP contribution in [0.4, 0.5) is 0 Å². The minimum atomic E-state index is 0.0285. The molecule has 1 saturated heterocycles. The van der Waals surface area contributed by atoms with E-state index in [0.29, 0.717) is 0 Å². The number of hydrogen-bond acceptors (Lipinski definition) is 2. The topological polar surface area (TPSA) is 15.3 Å². The molecule has 2 aromatic carbocycles. The van der Waals surface area contributed by atoms with Gasteiger partial charge in [-0.25, -0.2) is 0 Å². The molecular formula is C18H21BrN2. The van der Waals surface area contributed by atoms with Gasteiger partial charge < -0.3 is 5.32 Å². The summed E-state index contributed by atoms with van der Waals surface area (Å²) in [5.74, 6) is 0. The Morgan fingerprint density at radius 1 is 1.10 bits per heavy atom. The number of benzene rings is 2. The summed E-state index contributed by atoms with van der Waals surface area (Å²) in [5.41, 5.74) is 2.75. The molecule has 0 amide bonds. The number of hydrogen-bond donors (Lipinski definition) is 1. The summed E-state index contributed by atoms with van der Waals surface area (Å²) in [6.07, 6.45) is 0. The molecule has 0 aliphatic carbocycles. The lowest BCUT2D eigenvalue weighted by molar-refractivity contribution is 0.136. The van der Waals surface area contributed by atoms with E-state index in [1.165, 1.54) is 15.6 Å². The van der Waals surface area contributed by atoms with Crippen LogP contribution in [0.1, 0.15) is 18.1 Å². The van der Waals surface area contributed by atoms with Crippen LogP contribution in [0.25, 0.3) is 0 Å². The molecule has 1 fully saturated rings. The second-order valence-corrected chi connectivity index (χ2v) is 6.78. The van der Waals surface area contributed by atoms with Crippen molar-refractivity contribution < 1.29 is 0 Å². The highest BCUT2D eigenvalue weighted by atomic mass is 79.9. The van der Waals surface area contributed by atoms with E-state index >= 15 is 0 Å². The molecule has 1 unspecified atom stereocenters. The van der Waals surface area contributed by atoms with Crippen molar-refractivity contribution >= 4 is 15.9 Å². The number of piperazine rings is 1. The Hall–Kier alpha value is -1.16. The largest absolute Gasteiger partial charge is 0.305 e. The maximum absolute atomic E-state index is 3.69. The highest BCUT2D eigenvalue weighted by molar-refractivity contribution is 9.10. The van der Waals surface area contributed by atoms with Crippen molar-refractivity contribution in [3.63, 3.8) is 0 Å². The normalized spacial score (nSPS) is 23.1. The Labute approximate surface area is 135 Å². The van der Waals surface area contributed by atoms with Gasteiger partial charge in [-0.05, 0) is 24.1 Å². The molecule has 2 aromatic rings. The lowest BCUT2D eigenvalue weighted by Gasteiger charge is -2.42. The van der Waals surface area contributed by atoms with Gasteiger partial charge in [-0.3, -0.25) is 4.90 Å². The zero-order valence-electron chi connectivity index (χ0n) is 12.3. The van der Waals surface area contributed by atoms with Crippen LogP contribution in [0, 0.1) is 0 Å². The smallest absolute Gasteiger partial charge is 0.0535 e. The van der Waals surface area contributed by atoms with E-state index in [-0.39, 0.29) is 5.54 Å². The minimum Gasteiger partial charge on any atom is -0.305 e. The SMILES string of the molecule is CC1(c2ccccc2)CN(Cc2ccccc2Br)CCN1. The first-order chi connectivity index (χ1) is 10.2. The van der Waals surface area contributed by atoms with Crippen LogP contribution in [0.3, 0.4) is 0 Å². The van der Waals surface area contributed by atoms with Crippen molar-refractivity contribution in [3.8, 4) is 0 Å². The van der Waals surface area contributed by atoms with Crippen LogP contribution in [0.2, 0.25) is 0 Å². The monoisotopic (exact) mass is 344 g/mol. The van der Waals surface area contributed by atoms with Gasteiger partial charge in [-0.2, -0.15) is 0 Å². The van der Waals surface area contributed by atoms with Crippen LogP contribution in [-0.4, -0.2) is 24.5 Å². The maximum Gasteiger partial charge on any atom is 0.0535 e. The Kier molecular flexibility index (Phi) is 4.43. The standard InChI is InChI=1S/C18H21BrN2/c1-18(16-8-3-2-4-9-16)14-21(12-11-20-18)13-15-7-5-6-10-17(15)19/h2-10,20H,11-14H2,1H3. The van der Waals surface area contributed by atoms with Gasteiger partial charge in [0.2, 0.25) is 0 Å². The Balaban J connectivity index is 1.76. The highest BCUT2D eigenvalue weighted by Crippen LogP contribution is 2.26. The van der Waals surface area contributed by atoms with Gasteiger partial charge in [0.15, 0.2) is 0 Å². The van der Waals surface area contributed by atoms with Crippen LogP contribution in [0.5, 0.6) is 0 Å². The lowest BCUT2D eigenvalue weighted by atomic mass is 9.89. The fourth-order valence-electron chi connectivity index (χ4n) is 3.07. The molecule has 0 bridgehead atoms. The van der Waals surface area contributed by atoms with Crippen LogP contribution in [-0.2, 0) is 12.1 Å². The average Bonchev–Trinajstić information content (AvgIpc) is 2.51. The summed E-state index contributed by atoms with van der Waals surface area (Å²) in [6.45, 7) is 6.43. The summed E-state index contributed by atoms with van der Waals surface area (Å²) in [7, 11) is 0. The summed E-state index contributed by atoms with van der Waals surface area (Å²) in [5, 5.41) is 3.69. The molecule has 0 aromatic heterocycles. The van der Waals surface area contributed by atoms with Gasteiger partial charge in [0, 0.05) is 30.7 Å². The Morgan fingerprint density at radius 2 is 1.81 bits per heavy atom. The summed E-state index contributed by atoms with van der Waals surface area (Å²) in [6, 6.07) is 19.3. The molecule has 0 spiro atoms. The predicted octanol–water partition coefficient (Wildman–Crippen LogP) is 3.77. The van der Waals surface area contributed by atoms with Crippen molar-refractivity contribution in [1.82, 2.24) is 10.2 Å². The van der Waals surface area contributed by atoms with Crippen LogP contribution in [0.15, 0.2) is 59.1 Å².